The zero-order valence-corrected chi connectivity index (χ0v) is 8.69. The fraction of sp³-hybridized carbons (Fsp3) is 0.750. The lowest BCUT2D eigenvalue weighted by molar-refractivity contribution is -0.124. The Labute approximate surface area is 88.1 Å². The lowest BCUT2D eigenvalue weighted by atomic mass is 10.3. The van der Waals surface area contributed by atoms with Crippen molar-refractivity contribution in [1.82, 2.24) is 5.32 Å². The number of carbonyl (C=O) groups excluding carboxylic acids is 2. The van der Waals surface area contributed by atoms with Gasteiger partial charge in [-0.1, -0.05) is 0 Å². The van der Waals surface area contributed by atoms with Gasteiger partial charge in [-0.25, -0.2) is 0 Å². The lowest BCUT2D eigenvalue weighted by Crippen LogP contribution is -2.44. The number of hydrogen-bond donors (Lipinski definition) is 3. The predicted octanol–water partition coefficient (Wildman–Crippen LogP) is -2.42. The molecule has 0 radical (unpaired) electrons. The van der Waals surface area contributed by atoms with Gasteiger partial charge in [-0.3, -0.25) is 9.59 Å². The van der Waals surface area contributed by atoms with Crippen LogP contribution in [0.1, 0.15) is 0 Å². The molecule has 0 heterocycles. The smallest absolute Gasteiger partial charge is 0.243 e. The van der Waals surface area contributed by atoms with E-state index in [1.165, 1.54) is 7.11 Å². The van der Waals surface area contributed by atoms with Crippen LogP contribution in [-0.4, -0.2) is 51.3 Å². The molecule has 15 heavy (non-hydrogen) atoms. The van der Waals surface area contributed by atoms with Gasteiger partial charge in [0.15, 0.2) is 0 Å². The third kappa shape index (κ3) is 7.86. The van der Waals surface area contributed by atoms with E-state index >= 15 is 0 Å². The Bertz CT molecular complexity index is 210. The van der Waals surface area contributed by atoms with Crippen LogP contribution in [0.2, 0.25) is 0 Å². The first-order valence-corrected chi connectivity index (χ1v) is 4.46. The van der Waals surface area contributed by atoms with Gasteiger partial charge in [-0.05, 0) is 0 Å². The van der Waals surface area contributed by atoms with Crippen molar-refractivity contribution in [3.05, 3.63) is 0 Å². The standard InChI is InChI=1S/C8H17N3O4/c1-14-4-6(9)8(13)11-2-3-15-5-7(10)12/h6H,2-5,9H2,1H3,(H2,10,12)(H,11,13). The fourth-order valence-corrected chi connectivity index (χ4v) is 0.806. The third-order valence-electron chi connectivity index (χ3n) is 1.47. The minimum absolute atomic E-state index is 0.153. The van der Waals surface area contributed by atoms with E-state index in [1.807, 2.05) is 0 Å². The van der Waals surface area contributed by atoms with E-state index in [4.69, 9.17) is 20.9 Å². The molecule has 7 heteroatoms. The Balaban J connectivity index is 3.42. The molecule has 2 amide bonds. The Morgan fingerprint density at radius 1 is 1.47 bits per heavy atom. The van der Waals surface area contributed by atoms with Crippen molar-refractivity contribution in [2.75, 3.05) is 33.5 Å². The molecular formula is C8H17N3O4. The zero-order chi connectivity index (χ0) is 11.7. The average Bonchev–Trinajstić information content (AvgIpc) is 2.16. The molecule has 0 saturated carbocycles. The van der Waals surface area contributed by atoms with Crippen LogP contribution in [0.15, 0.2) is 0 Å². The van der Waals surface area contributed by atoms with Crippen LogP contribution >= 0.6 is 0 Å². The van der Waals surface area contributed by atoms with Crippen molar-refractivity contribution in [3.63, 3.8) is 0 Å². The molecule has 0 aliphatic carbocycles. The summed E-state index contributed by atoms with van der Waals surface area (Å²) in [7, 11) is 1.46. The first-order valence-electron chi connectivity index (χ1n) is 4.46. The minimum Gasteiger partial charge on any atom is -0.383 e. The fourth-order valence-electron chi connectivity index (χ4n) is 0.806. The minimum atomic E-state index is -0.689. The normalized spacial score (nSPS) is 12.1. The number of ether oxygens (including phenoxy) is 2. The lowest BCUT2D eigenvalue weighted by Gasteiger charge is -2.10. The van der Waals surface area contributed by atoms with E-state index in [0.717, 1.165) is 0 Å². The summed E-state index contributed by atoms with van der Waals surface area (Å²) in [6.07, 6.45) is 0. The average molecular weight is 219 g/mol. The van der Waals surface area contributed by atoms with Crippen molar-refractivity contribution >= 4 is 11.8 Å². The topological polar surface area (TPSA) is 117 Å². The molecule has 0 bridgehead atoms. The maximum absolute atomic E-state index is 11.2. The number of rotatable bonds is 8. The summed E-state index contributed by atoms with van der Waals surface area (Å²) in [6.45, 7) is 0.506. The van der Waals surface area contributed by atoms with Crippen LogP contribution in [0.3, 0.4) is 0 Å². The predicted molar refractivity (Wildman–Crippen MR) is 52.9 cm³/mol. The van der Waals surface area contributed by atoms with Crippen molar-refractivity contribution in [2.45, 2.75) is 6.04 Å². The molecule has 0 aromatic rings. The molecular weight excluding hydrogens is 202 g/mol. The SMILES string of the molecule is COCC(N)C(=O)NCCOCC(N)=O. The maximum Gasteiger partial charge on any atom is 0.243 e. The number of hydrogen-bond acceptors (Lipinski definition) is 5. The first-order chi connectivity index (χ1) is 7.07. The number of amides is 2. The van der Waals surface area contributed by atoms with Gasteiger partial charge in [0.25, 0.3) is 0 Å². The van der Waals surface area contributed by atoms with Crippen LogP contribution in [0.25, 0.3) is 0 Å². The largest absolute Gasteiger partial charge is 0.383 e. The third-order valence-corrected chi connectivity index (χ3v) is 1.47. The van der Waals surface area contributed by atoms with Crippen LogP contribution in [-0.2, 0) is 19.1 Å². The monoisotopic (exact) mass is 219 g/mol. The molecule has 0 aliphatic rings. The Hall–Kier alpha value is -1.18. The summed E-state index contributed by atoms with van der Waals surface area (Å²) in [5.41, 5.74) is 10.3. The zero-order valence-electron chi connectivity index (χ0n) is 8.69. The molecule has 1 unspecified atom stereocenters. The van der Waals surface area contributed by atoms with Gasteiger partial charge in [0.2, 0.25) is 11.8 Å². The van der Waals surface area contributed by atoms with E-state index in [1.54, 1.807) is 0 Å². The van der Waals surface area contributed by atoms with Gasteiger partial charge in [0.1, 0.15) is 12.6 Å². The van der Waals surface area contributed by atoms with Crippen LogP contribution in [0, 0.1) is 0 Å². The summed E-state index contributed by atoms with van der Waals surface area (Å²) in [5, 5.41) is 2.52. The number of primary amides is 1. The van der Waals surface area contributed by atoms with Gasteiger partial charge >= 0.3 is 0 Å². The molecule has 5 N–H and O–H groups in total. The van der Waals surface area contributed by atoms with E-state index in [2.05, 4.69) is 5.32 Å². The molecule has 0 saturated heterocycles. The molecule has 0 aromatic carbocycles. The molecule has 0 spiro atoms. The van der Waals surface area contributed by atoms with E-state index in [-0.39, 0.29) is 32.3 Å². The van der Waals surface area contributed by atoms with Gasteiger partial charge in [0.05, 0.1) is 13.2 Å². The highest BCUT2D eigenvalue weighted by Crippen LogP contribution is 1.80. The number of nitrogens with two attached hydrogens (primary N) is 2. The number of carbonyl (C=O) groups is 2. The van der Waals surface area contributed by atoms with Crippen molar-refractivity contribution in [2.24, 2.45) is 11.5 Å². The summed E-state index contributed by atoms with van der Waals surface area (Å²) in [4.78, 5) is 21.4. The Morgan fingerprint density at radius 3 is 2.67 bits per heavy atom. The van der Waals surface area contributed by atoms with Gasteiger partial charge in [-0.15, -0.1) is 0 Å². The highest BCUT2D eigenvalue weighted by molar-refractivity contribution is 5.81. The molecule has 88 valence electrons. The van der Waals surface area contributed by atoms with E-state index < -0.39 is 11.9 Å². The van der Waals surface area contributed by atoms with Gasteiger partial charge in [-0.2, -0.15) is 0 Å². The molecule has 0 rings (SSSR count). The molecule has 7 nitrogen and oxygen atoms in total. The van der Waals surface area contributed by atoms with Crippen molar-refractivity contribution in [1.29, 1.82) is 0 Å². The second-order valence-corrected chi connectivity index (χ2v) is 2.87. The summed E-state index contributed by atoms with van der Waals surface area (Å²) in [5.74, 6) is -0.864. The second-order valence-electron chi connectivity index (χ2n) is 2.87. The Morgan fingerprint density at radius 2 is 2.13 bits per heavy atom. The molecule has 0 fully saturated rings. The van der Waals surface area contributed by atoms with Crippen molar-refractivity contribution in [3.8, 4) is 0 Å². The molecule has 0 aromatic heterocycles. The van der Waals surface area contributed by atoms with Crippen molar-refractivity contribution < 1.29 is 19.1 Å². The summed E-state index contributed by atoms with van der Waals surface area (Å²) >= 11 is 0. The van der Waals surface area contributed by atoms with Crippen LogP contribution in [0.5, 0.6) is 0 Å². The molecule has 0 aliphatic heterocycles. The maximum atomic E-state index is 11.2. The highest BCUT2D eigenvalue weighted by atomic mass is 16.5. The Kier molecular flexibility index (Phi) is 7.51. The van der Waals surface area contributed by atoms with Gasteiger partial charge in [0, 0.05) is 13.7 Å². The van der Waals surface area contributed by atoms with Crippen LogP contribution < -0.4 is 16.8 Å². The van der Waals surface area contributed by atoms with E-state index in [0.29, 0.717) is 0 Å². The summed E-state index contributed by atoms with van der Waals surface area (Å²) < 4.78 is 9.53. The second kappa shape index (κ2) is 8.16. The summed E-state index contributed by atoms with van der Waals surface area (Å²) in [6, 6.07) is -0.689. The first kappa shape index (κ1) is 13.8. The molecule has 1 atom stereocenters. The van der Waals surface area contributed by atoms with Crippen LogP contribution in [0.4, 0.5) is 0 Å². The van der Waals surface area contributed by atoms with Gasteiger partial charge < -0.3 is 26.3 Å². The van der Waals surface area contributed by atoms with E-state index in [9.17, 15) is 9.59 Å². The number of methoxy groups -OCH3 is 1. The quantitative estimate of drug-likeness (QED) is 0.393. The number of nitrogens with one attached hydrogen (secondary N) is 1. The highest BCUT2D eigenvalue weighted by Gasteiger charge is 2.11.